The molecule has 0 aromatic heterocycles. The smallest absolute Gasteiger partial charge is 0.264 e. The second-order valence-corrected chi connectivity index (χ2v) is 6.26. The van der Waals surface area contributed by atoms with Gasteiger partial charge in [0.15, 0.2) is 0 Å². The minimum Gasteiger partial charge on any atom is -0.326 e. The summed E-state index contributed by atoms with van der Waals surface area (Å²) >= 11 is 5.73. The first-order chi connectivity index (χ1) is 9.83. The molecule has 2 aromatic rings. The summed E-state index contributed by atoms with van der Waals surface area (Å²) in [5.41, 5.74) is 5.77. The van der Waals surface area contributed by atoms with E-state index in [1.165, 1.54) is 6.07 Å². The molecule has 2 aromatic carbocycles. The number of hydrogen-bond acceptors (Lipinski definition) is 3. The highest BCUT2D eigenvalue weighted by Gasteiger charge is 2.20. The molecule has 0 saturated carbocycles. The molecule has 0 atom stereocenters. The zero-order valence-corrected chi connectivity index (χ0v) is 12.2. The number of nitrogens with two attached hydrogens (primary N) is 1. The van der Waals surface area contributed by atoms with Crippen molar-refractivity contribution in [1.82, 2.24) is 0 Å². The van der Waals surface area contributed by atoms with Crippen LogP contribution in [0.15, 0.2) is 41.3 Å². The number of anilines is 1. The van der Waals surface area contributed by atoms with E-state index in [0.29, 0.717) is 5.56 Å². The van der Waals surface area contributed by atoms with E-state index in [9.17, 15) is 17.2 Å². The minimum absolute atomic E-state index is 0.0413. The fourth-order valence-corrected chi connectivity index (χ4v) is 3.07. The summed E-state index contributed by atoms with van der Waals surface area (Å²) < 4.78 is 53.1. The first-order valence-electron chi connectivity index (χ1n) is 5.80. The zero-order chi connectivity index (χ0) is 15.6. The van der Waals surface area contributed by atoms with Crippen molar-refractivity contribution in [2.24, 2.45) is 5.73 Å². The number of hydrogen-bond donors (Lipinski definition) is 2. The lowest BCUT2D eigenvalue weighted by atomic mass is 10.2. The summed E-state index contributed by atoms with van der Waals surface area (Å²) in [4.78, 5) is -0.542. The molecule has 0 saturated heterocycles. The SMILES string of the molecule is NCc1ccc(S(=O)(=O)Nc2ccc(F)cc2Cl)c(F)c1. The van der Waals surface area contributed by atoms with Crippen LogP contribution in [0.3, 0.4) is 0 Å². The van der Waals surface area contributed by atoms with Crippen molar-refractivity contribution in [1.29, 1.82) is 0 Å². The van der Waals surface area contributed by atoms with E-state index in [0.717, 1.165) is 30.3 Å². The van der Waals surface area contributed by atoms with Crippen LogP contribution in [0.4, 0.5) is 14.5 Å². The van der Waals surface area contributed by atoms with Gasteiger partial charge in [-0.2, -0.15) is 0 Å². The monoisotopic (exact) mass is 332 g/mol. The van der Waals surface area contributed by atoms with Crippen molar-refractivity contribution >= 4 is 27.3 Å². The standard InChI is InChI=1S/C13H11ClF2N2O2S/c14-10-6-9(15)2-3-12(10)18-21(19,20)13-4-1-8(7-17)5-11(13)16/h1-6,18H,7,17H2. The highest BCUT2D eigenvalue weighted by molar-refractivity contribution is 7.92. The van der Waals surface area contributed by atoms with Crippen LogP contribution in [-0.2, 0) is 16.6 Å². The zero-order valence-electron chi connectivity index (χ0n) is 10.6. The van der Waals surface area contributed by atoms with Crippen molar-refractivity contribution in [3.05, 3.63) is 58.6 Å². The van der Waals surface area contributed by atoms with Crippen molar-refractivity contribution in [2.75, 3.05) is 4.72 Å². The molecule has 0 spiro atoms. The second kappa shape index (κ2) is 5.97. The van der Waals surface area contributed by atoms with Gasteiger partial charge in [0.05, 0.1) is 10.7 Å². The van der Waals surface area contributed by atoms with E-state index in [1.54, 1.807) is 0 Å². The van der Waals surface area contributed by atoms with Gasteiger partial charge in [-0.25, -0.2) is 17.2 Å². The first kappa shape index (κ1) is 15.7. The highest BCUT2D eigenvalue weighted by Crippen LogP contribution is 2.26. The highest BCUT2D eigenvalue weighted by atomic mass is 35.5. The van der Waals surface area contributed by atoms with Crippen LogP contribution in [0, 0.1) is 11.6 Å². The molecule has 0 fully saturated rings. The lowest BCUT2D eigenvalue weighted by Gasteiger charge is -2.11. The molecule has 0 aliphatic carbocycles. The summed E-state index contributed by atoms with van der Waals surface area (Å²) in [5, 5.41) is -0.127. The van der Waals surface area contributed by atoms with Gasteiger partial charge in [0.2, 0.25) is 0 Å². The Morgan fingerprint density at radius 2 is 1.86 bits per heavy atom. The Kier molecular flexibility index (Phi) is 4.46. The van der Waals surface area contributed by atoms with E-state index < -0.39 is 26.6 Å². The Morgan fingerprint density at radius 1 is 1.14 bits per heavy atom. The van der Waals surface area contributed by atoms with Crippen LogP contribution >= 0.6 is 11.6 Å². The third-order valence-electron chi connectivity index (χ3n) is 2.70. The molecular formula is C13H11ClF2N2O2S. The lowest BCUT2D eigenvalue weighted by Crippen LogP contribution is -2.15. The van der Waals surface area contributed by atoms with Gasteiger partial charge in [-0.1, -0.05) is 17.7 Å². The minimum atomic E-state index is -4.18. The maximum Gasteiger partial charge on any atom is 0.264 e. The molecule has 112 valence electrons. The Bertz CT molecular complexity index is 782. The van der Waals surface area contributed by atoms with Gasteiger partial charge < -0.3 is 5.73 Å². The average molecular weight is 333 g/mol. The van der Waals surface area contributed by atoms with Gasteiger partial charge in [0.1, 0.15) is 16.5 Å². The molecule has 2 rings (SSSR count). The molecule has 0 aliphatic rings. The van der Waals surface area contributed by atoms with Crippen molar-refractivity contribution in [3.8, 4) is 0 Å². The Labute approximate surface area is 125 Å². The fraction of sp³-hybridized carbons (Fsp3) is 0.0769. The quantitative estimate of drug-likeness (QED) is 0.904. The van der Waals surface area contributed by atoms with Gasteiger partial charge in [0, 0.05) is 6.54 Å². The summed E-state index contributed by atoms with van der Waals surface area (Å²) in [6.07, 6.45) is 0. The van der Waals surface area contributed by atoms with Crippen molar-refractivity contribution in [2.45, 2.75) is 11.4 Å². The molecule has 0 aliphatic heterocycles. The normalized spacial score (nSPS) is 11.4. The number of rotatable bonds is 4. The number of benzene rings is 2. The molecule has 0 radical (unpaired) electrons. The summed E-state index contributed by atoms with van der Waals surface area (Å²) in [6.45, 7) is 0.0917. The van der Waals surface area contributed by atoms with Crippen LogP contribution < -0.4 is 10.5 Å². The molecule has 21 heavy (non-hydrogen) atoms. The lowest BCUT2D eigenvalue weighted by molar-refractivity contribution is 0.569. The van der Waals surface area contributed by atoms with Gasteiger partial charge in [-0.3, -0.25) is 4.72 Å². The predicted octanol–water partition coefficient (Wildman–Crippen LogP) is 2.88. The van der Waals surface area contributed by atoms with Crippen LogP contribution in [0.5, 0.6) is 0 Å². The maximum absolute atomic E-state index is 13.8. The molecule has 3 N–H and O–H groups in total. The molecule has 0 heterocycles. The largest absolute Gasteiger partial charge is 0.326 e. The number of sulfonamides is 1. The molecular weight excluding hydrogens is 322 g/mol. The third kappa shape index (κ3) is 3.49. The Balaban J connectivity index is 2.38. The molecule has 4 nitrogen and oxygen atoms in total. The van der Waals surface area contributed by atoms with E-state index >= 15 is 0 Å². The van der Waals surface area contributed by atoms with E-state index in [2.05, 4.69) is 4.72 Å². The van der Waals surface area contributed by atoms with Crippen molar-refractivity contribution < 1.29 is 17.2 Å². The van der Waals surface area contributed by atoms with Crippen LogP contribution in [-0.4, -0.2) is 8.42 Å². The molecule has 0 bridgehead atoms. The predicted molar refractivity (Wildman–Crippen MR) is 76.5 cm³/mol. The number of nitrogens with one attached hydrogen (secondary N) is 1. The fourth-order valence-electron chi connectivity index (χ4n) is 1.66. The van der Waals surface area contributed by atoms with Gasteiger partial charge in [-0.15, -0.1) is 0 Å². The number of halogens is 3. The second-order valence-electron chi connectivity index (χ2n) is 4.20. The maximum atomic E-state index is 13.8. The van der Waals surface area contributed by atoms with E-state index in [4.69, 9.17) is 17.3 Å². The summed E-state index contributed by atoms with van der Waals surface area (Å²) in [7, 11) is -4.18. The van der Waals surface area contributed by atoms with Gasteiger partial charge in [-0.05, 0) is 35.9 Å². The van der Waals surface area contributed by atoms with E-state index in [1.807, 2.05) is 0 Å². The van der Waals surface area contributed by atoms with Gasteiger partial charge >= 0.3 is 0 Å². The van der Waals surface area contributed by atoms with Crippen LogP contribution in [0.25, 0.3) is 0 Å². The van der Waals surface area contributed by atoms with Crippen molar-refractivity contribution in [3.63, 3.8) is 0 Å². The first-order valence-corrected chi connectivity index (χ1v) is 7.66. The van der Waals surface area contributed by atoms with Gasteiger partial charge in [0.25, 0.3) is 10.0 Å². The topological polar surface area (TPSA) is 72.2 Å². The third-order valence-corrected chi connectivity index (χ3v) is 4.41. The molecule has 0 amide bonds. The average Bonchev–Trinajstić information content (AvgIpc) is 2.41. The Morgan fingerprint density at radius 3 is 2.43 bits per heavy atom. The summed E-state index contributed by atoms with van der Waals surface area (Å²) in [6, 6.07) is 6.70. The van der Waals surface area contributed by atoms with Crippen LogP contribution in [0.1, 0.15) is 5.56 Å². The van der Waals surface area contributed by atoms with Crippen LogP contribution in [0.2, 0.25) is 5.02 Å². The summed E-state index contributed by atoms with van der Waals surface area (Å²) in [5.74, 6) is -1.54. The van der Waals surface area contributed by atoms with E-state index in [-0.39, 0.29) is 17.3 Å². The molecule has 8 heteroatoms. The molecule has 0 unspecified atom stereocenters. The Hall–Kier alpha value is -1.70.